The van der Waals surface area contributed by atoms with Crippen molar-refractivity contribution in [3.05, 3.63) is 53.6 Å². The summed E-state index contributed by atoms with van der Waals surface area (Å²) in [5.74, 6) is -3.24. The maximum absolute atomic E-state index is 14.4. The Morgan fingerprint density at radius 1 is 1.15 bits per heavy atom. The molecule has 1 aliphatic rings. The Morgan fingerprint density at radius 2 is 1.85 bits per heavy atom. The van der Waals surface area contributed by atoms with E-state index in [0.717, 1.165) is 12.3 Å². The Labute approximate surface area is 149 Å². The van der Waals surface area contributed by atoms with Crippen LogP contribution < -0.4 is 5.73 Å². The Kier molecular flexibility index (Phi) is 4.52. The molecule has 1 aliphatic heterocycles. The van der Waals surface area contributed by atoms with E-state index >= 15 is 0 Å². The smallest absolute Gasteiger partial charge is 0.425 e. The number of halogens is 6. The molecule has 3 rings (SSSR count). The minimum absolute atomic E-state index is 0.267. The standard InChI is InChI=1S/C17H13F6N3O/c1-16(7-13(17(21,22)23)27-15(24)26-16)10-5-9(11(18)6-12(10)19)8-3-2-4-25-14(8)20/h2-6,13H,7H2,1H3,(H2,24,26). The van der Waals surface area contributed by atoms with Gasteiger partial charge in [-0.1, -0.05) is 0 Å². The largest absolute Gasteiger partial charge is 0.452 e. The molecule has 4 nitrogen and oxygen atoms in total. The summed E-state index contributed by atoms with van der Waals surface area (Å²) >= 11 is 0. The average Bonchev–Trinajstić information content (AvgIpc) is 2.54. The zero-order valence-corrected chi connectivity index (χ0v) is 13.8. The minimum Gasteiger partial charge on any atom is -0.452 e. The molecule has 2 aromatic rings. The first kappa shape index (κ1) is 19.0. The van der Waals surface area contributed by atoms with E-state index in [4.69, 9.17) is 5.73 Å². The van der Waals surface area contributed by atoms with Gasteiger partial charge in [0.05, 0.1) is 5.54 Å². The summed E-state index contributed by atoms with van der Waals surface area (Å²) < 4.78 is 86.4. The molecule has 2 unspecified atom stereocenters. The molecule has 2 atom stereocenters. The molecular weight excluding hydrogens is 376 g/mol. The van der Waals surface area contributed by atoms with Gasteiger partial charge < -0.3 is 10.5 Å². The Balaban J connectivity index is 2.15. The fraction of sp³-hybridized carbons (Fsp3) is 0.294. The van der Waals surface area contributed by atoms with Crippen molar-refractivity contribution < 1.29 is 31.1 Å². The van der Waals surface area contributed by atoms with Crippen molar-refractivity contribution in [3.8, 4) is 11.1 Å². The van der Waals surface area contributed by atoms with Gasteiger partial charge >= 0.3 is 6.18 Å². The van der Waals surface area contributed by atoms with Crippen LogP contribution in [0.5, 0.6) is 0 Å². The van der Waals surface area contributed by atoms with E-state index in [0.29, 0.717) is 6.07 Å². The van der Waals surface area contributed by atoms with Gasteiger partial charge in [-0.3, -0.25) is 0 Å². The predicted octanol–water partition coefficient (Wildman–Crippen LogP) is 4.05. The zero-order valence-electron chi connectivity index (χ0n) is 13.8. The maximum atomic E-state index is 14.4. The lowest BCUT2D eigenvalue weighted by atomic mass is 9.84. The molecule has 2 N–H and O–H groups in total. The molecule has 1 aromatic heterocycles. The van der Waals surface area contributed by atoms with Crippen LogP contribution >= 0.6 is 0 Å². The molecule has 0 radical (unpaired) electrons. The summed E-state index contributed by atoms with van der Waals surface area (Å²) in [6, 6.07) is 3.16. The molecular formula is C17H13F6N3O. The van der Waals surface area contributed by atoms with E-state index in [1.54, 1.807) is 0 Å². The van der Waals surface area contributed by atoms with Gasteiger partial charge in [-0.2, -0.15) is 17.6 Å². The first-order valence-corrected chi connectivity index (χ1v) is 7.70. The van der Waals surface area contributed by atoms with E-state index in [2.05, 4.69) is 14.7 Å². The molecule has 10 heteroatoms. The van der Waals surface area contributed by atoms with Crippen LogP contribution in [0.1, 0.15) is 18.9 Å². The van der Waals surface area contributed by atoms with Gasteiger partial charge in [-0.05, 0) is 25.1 Å². The normalized spacial score (nSPS) is 22.9. The van der Waals surface area contributed by atoms with Gasteiger partial charge in [-0.25, -0.2) is 18.8 Å². The van der Waals surface area contributed by atoms with Crippen molar-refractivity contribution in [3.63, 3.8) is 0 Å². The van der Waals surface area contributed by atoms with Crippen LogP contribution in [0.4, 0.5) is 26.3 Å². The quantitative estimate of drug-likeness (QED) is 0.623. The topological polar surface area (TPSA) is 60.5 Å². The number of pyridine rings is 1. The number of aromatic nitrogens is 1. The molecule has 144 valence electrons. The van der Waals surface area contributed by atoms with Gasteiger partial charge in [0.25, 0.3) is 6.02 Å². The van der Waals surface area contributed by atoms with Gasteiger partial charge in [0.1, 0.15) is 11.6 Å². The SMILES string of the molecule is CC1(c2cc(-c3cccnc3F)c(F)cc2F)CC(C(F)(F)F)OC(N)=N1. The number of hydrogen-bond donors (Lipinski definition) is 1. The van der Waals surface area contributed by atoms with Crippen molar-refractivity contribution in [1.29, 1.82) is 0 Å². The second kappa shape index (κ2) is 6.43. The predicted molar refractivity (Wildman–Crippen MR) is 84.1 cm³/mol. The van der Waals surface area contributed by atoms with Crippen LogP contribution in [-0.4, -0.2) is 23.3 Å². The summed E-state index contributed by atoms with van der Waals surface area (Å²) in [4.78, 5) is 7.19. The van der Waals surface area contributed by atoms with E-state index in [1.807, 2.05) is 0 Å². The first-order valence-electron chi connectivity index (χ1n) is 7.70. The number of ether oxygens (including phenoxy) is 1. The van der Waals surface area contributed by atoms with Crippen LogP contribution in [-0.2, 0) is 10.3 Å². The highest BCUT2D eigenvalue weighted by molar-refractivity contribution is 5.73. The van der Waals surface area contributed by atoms with Gasteiger partial charge in [0.15, 0.2) is 6.10 Å². The number of rotatable bonds is 2. The highest BCUT2D eigenvalue weighted by Gasteiger charge is 2.50. The molecule has 0 spiro atoms. The molecule has 27 heavy (non-hydrogen) atoms. The molecule has 0 saturated heterocycles. The monoisotopic (exact) mass is 389 g/mol. The van der Waals surface area contributed by atoms with E-state index < -0.39 is 47.8 Å². The van der Waals surface area contributed by atoms with Crippen LogP contribution in [0.25, 0.3) is 11.1 Å². The maximum Gasteiger partial charge on any atom is 0.425 e. The number of benzene rings is 1. The Bertz CT molecular complexity index is 914. The van der Waals surface area contributed by atoms with E-state index in [1.165, 1.54) is 19.1 Å². The zero-order chi connectivity index (χ0) is 20.0. The highest BCUT2D eigenvalue weighted by Crippen LogP contribution is 2.42. The summed E-state index contributed by atoms with van der Waals surface area (Å²) in [5.41, 5.74) is 2.55. The summed E-state index contributed by atoms with van der Waals surface area (Å²) in [7, 11) is 0. The van der Waals surface area contributed by atoms with Crippen LogP contribution in [0.15, 0.2) is 35.5 Å². The van der Waals surface area contributed by atoms with Gasteiger partial charge in [0.2, 0.25) is 5.95 Å². The third-order valence-electron chi connectivity index (χ3n) is 4.25. The Morgan fingerprint density at radius 3 is 2.48 bits per heavy atom. The summed E-state index contributed by atoms with van der Waals surface area (Å²) in [6.45, 7) is 1.21. The minimum atomic E-state index is -4.77. The molecule has 0 fully saturated rings. The molecule has 0 amide bonds. The second-order valence-electron chi connectivity index (χ2n) is 6.23. The van der Waals surface area contributed by atoms with Gasteiger partial charge in [0, 0.05) is 35.4 Å². The fourth-order valence-corrected chi connectivity index (χ4v) is 2.97. The molecule has 2 heterocycles. The molecule has 0 aliphatic carbocycles. The molecule has 1 aromatic carbocycles. The van der Waals surface area contributed by atoms with Crippen molar-refractivity contribution >= 4 is 6.02 Å². The first-order chi connectivity index (χ1) is 12.5. The number of nitrogens with zero attached hydrogens (tertiary/aromatic N) is 2. The van der Waals surface area contributed by atoms with Crippen LogP contribution in [0.2, 0.25) is 0 Å². The van der Waals surface area contributed by atoms with Crippen molar-refractivity contribution in [2.45, 2.75) is 31.2 Å². The summed E-state index contributed by atoms with van der Waals surface area (Å²) in [6.07, 6.45) is -6.73. The van der Waals surface area contributed by atoms with Crippen molar-refractivity contribution in [2.24, 2.45) is 10.7 Å². The fourth-order valence-electron chi connectivity index (χ4n) is 2.97. The lowest BCUT2D eigenvalue weighted by Crippen LogP contribution is -2.46. The van der Waals surface area contributed by atoms with Gasteiger partial charge in [-0.15, -0.1) is 0 Å². The molecule has 0 bridgehead atoms. The van der Waals surface area contributed by atoms with Crippen LogP contribution in [0, 0.1) is 17.6 Å². The van der Waals surface area contributed by atoms with Crippen LogP contribution in [0.3, 0.4) is 0 Å². The number of hydrogen-bond acceptors (Lipinski definition) is 4. The number of aliphatic imine (C=N–C) groups is 1. The summed E-state index contributed by atoms with van der Waals surface area (Å²) in [5, 5.41) is 0. The number of amidine groups is 1. The van der Waals surface area contributed by atoms with E-state index in [9.17, 15) is 26.3 Å². The Hall–Kier alpha value is -2.78. The van der Waals surface area contributed by atoms with Crippen molar-refractivity contribution in [2.75, 3.05) is 0 Å². The third kappa shape index (κ3) is 3.56. The lowest BCUT2D eigenvalue weighted by Gasteiger charge is -2.36. The lowest BCUT2D eigenvalue weighted by molar-refractivity contribution is -0.208. The average molecular weight is 389 g/mol. The highest BCUT2D eigenvalue weighted by atomic mass is 19.4. The number of alkyl halides is 3. The second-order valence-corrected chi connectivity index (χ2v) is 6.23. The molecule has 0 saturated carbocycles. The van der Waals surface area contributed by atoms with E-state index in [-0.39, 0.29) is 16.7 Å². The number of nitrogens with two attached hydrogens (primary N) is 1. The van der Waals surface area contributed by atoms with Crippen molar-refractivity contribution in [1.82, 2.24) is 4.98 Å². The third-order valence-corrected chi connectivity index (χ3v) is 4.25.